The molecule has 5 heteroatoms. The molecule has 21 heavy (non-hydrogen) atoms. The number of hydrogen-bond donors (Lipinski definition) is 2. The van der Waals surface area contributed by atoms with E-state index >= 15 is 0 Å². The van der Waals surface area contributed by atoms with Crippen LogP contribution in [0.15, 0.2) is 18.3 Å². The van der Waals surface area contributed by atoms with Crippen LogP contribution in [0.1, 0.15) is 51.4 Å². The molecule has 2 atom stereocenters. The minimum Gasteiger partial charge on any atom is -0.475 e. The molecule has 0 aliphatic rings. The van der Waals surface area contributed by atoms with Crippen molar-refractivity contribution in [2.45, 2.75) is 53.2 Å². The number of aliphatic hydroxyl groups excluding tert-OH is 1. The minimum absolute atomic E-state index is 0.0542. The summed E-state index contributed by atoms with van der Waals surface area (Å²) in [4.78, 5) is 16.2. The molecule has 1 heterocycles. The van der Waals surface area contributed by atoms with Gasteiger partial charge in [0.1, 0.15) is 0 Å². The summed E-state index contributed by atoms with van der Waals surface area (Å²) in [5.74, 6) is 0.197. The molecule has 0 saturated carbocycles. The number of nitrogens with zero attached hydrogens (tertiary/aromatic N) is 1. The monoisotopic (exact) mass is 294 g/mol. The maximum atomic E-state index is 12.1. The number of nitrogens with one attached hydrogen (secondary N) is 1. The molecule has 118 valence electrons. The fourth-order valence-electron chi connectivity index (χ4n) is 1.50. The molecule has 0 bridgehead atoms. The number of pyridine rings is 1. The maximum Gasteiger partial charge on any atom is 0.251 e. The van der Waals surface area contributed by atoms with Gasteiger partial charge in [0.25, 0.3) is 5.91 Å². The van der Waals surface area contributed by atoms with Crippen LogP contribution in [-0.4, -0.2) is 34.8 Å². The summed E-state index contributed by atoms with van der Waals surface area (Å²) in [6.45, 7) is 9.96. The first kappa shape index (κ1) is 17.4. The van der Waals surface area contributed by atoms with Gasteiger partial charge in [0.15, 0.2) is 0 Å². The highest BCUT2D eigenvalue weighted by molar-refractivity contribution is 5.94. The summed E-state index contributed by atoms with van der Waals surface area (Å²) in [7, 11) is 0. The second-order valence-corrected chi connectivity index (χ2v) is 6.31. The third kappa shape index (κ3) is 5.71. The molecule has 1 amide bonds. The lowest BCUT2D eigenvalue weighted by atomic mass is 9.89. The quantitative estimate of drug-likeness (QED) is 0.845. The Morgan fingerprint density at radius 3 is 2.71 bits per heavy atom. The van der Waals surface area contributed by atoms with Gasteiger partial charge < -0.3 is 15.2 Å². The van der Waals surface area contributed by atoms with Crippen molar-refractivity contribution in [3.8, 4) is 5.88 Å². The lowest BCUT2D eigenvalue weighted by Crippen LogP contribution is -2.39. The number of hydrogen-bond acceptors (Lipinski definition) is 4. The third-order valence-electron chi connectivity index (χ3n) is 3.35. The molecule has 0 saturated heterocycles. The number of ether oxygens (including phenoxy) is 1. The minimum atomic E-state index is -0.598. The predicted molar refractivity (Wildman–Crippen MR) is 82.4 cm³/mol. The predicted octanol–water partition coefficient (Wildman–Crippen LogP) is 2.40. The summed E-state index contributed by atoms with van der Waals surface area (Å²) in [6, 6.07) is 3.24. The van der Waals surface area contributed by atoms with Crippen molar-refractivity contribution >= 4 is 5.91 Å². The highest BCUT2D eigenvalue weighted by atomic mass is 16.5. The summed E-state index contributed by atoms with van der Waals surface area (Å²) in [5, 5.41) is 12.7. The molecule has 1 aromatic rings. The molecule has 2 unspecified atom stereocenters. The zero-order valence-corrected chi connectivity index (χ0v) is 13.5. The molecule has 1 rings (SSSR count). The first-order chi connectivity index (χ1) is 9.74. The van der Waals surface area contributed by atoms with E-state index < -0.39 is 6.10 Å². The van der Waals surface area contributed by atoms with Gasteiger partial charge >= 0.3 is 0 Å². The molecule has 0 aliphatic heterocycles. The van der Waals surface area contributed by atoms with E-state index in [0.29, 0.717) is 11.4 Å². The van der Waals surface area contributed by atoms with E-state index in [1.165, 1.54) is 0 Å². The largest absolute Gasteiger partial charge is 0.475 e. The second kappa shape index (κ2) is 7.41. The fraction of sp³-hybridized carbons (Fsp3) is 0.625. The van der Waals surface area contributed by atoms with Crippen LogP contribution in [0.4, 0.5) is 0 Å². The maximum absolute atomic E-state index is 12.1. The van der Waals surface area contributed by atoms with Crippen molar-refractivity contribution in [3.63, 3.8) is 0 Å². The molecule has 0 aliphatic carbocycles. The molecule has 0 fully saturated rings. The number of carbonyl (C=O) groups is 1. The lowest BCUT2D eigenvalue weighted by molar-refractivity contribution is 0.0586. The van der Waals surface area contributed by atoms with E-state index in [1.807, 2.05) is 34.6 Å². The van der Waals surface area contributed by atoms with Crippen molar-refractivity contribution in [2.24, 2.45) is 5.41 Å². The first-order valence-electron chi connectivity index (χ1n) is 7.33. The molecule has 0 aromatic carbocycles. The van der Waals surface area contributed by atoms with Crippen molar-refractivity contribution in [2.75, 3.05) is 6.54 Å². The smallest absolute Gasteiger partial charge is 0.251 e. The summed E-state index contributed by atoms with van der Waals surface area (Å²) < 4.78 is 5.59. The van der Waals surface area contributed by atoms with Crippen molar-refractivity contribution in [1.29, 1.82) is 0 Å². The number of aliphatic hydroxyl groups is 1. The van der Waals surface area contributed by atoms with Crippen LogP contribution in [0.5, 0.6) is 5.88 Å². The van der Waals surface area contributed by atoms with Crippen LogP contribution in [0.2, 0.25) is 0 Å². The van der Waals surface area contributed by atoms with Crippen molar-refractivity contribution in [3.05, 3.63) is 23.9 Å². The Labute approximate surface area is 126 Å². The Morgan fingerprint density at radius 2 is 2.14 bits per heavy atom. The molecular weight excluding hydrogens is 268 g/mol. The van der Waals surface area contributed by atoms with Gasteiger partial charge in [-0.25, -0.2) is 4.98 Å². The van der Waals surface area contributed by atoms with Gasteiger partial charge in [0.05, 0.1) is 12.2 Å². The van der Waals surface area contributed by atoms with E-state index in [1.54, 1.807) is 18.3 Å². The lowest BCUT2D eigenvalue weighted by Gasteiger charge is -2.25. The Hall–Kier alpha value is -1.62. The summed E-state index contributed by atoms with van der Waals surface area (Å²) in [6.07, 6.45) is 1.88. The van der Waals surface area contributed by atoms with Gasteiger partial charge in [-0.05, 0) is 24.8 Å². The van der Waals surface area contributed by atoms with Gasteiger partial charge in [-0.1, -0.05) is 27.7 Å². The Morgan fingerprint density at radius 1 is 1.48 bits per heavy atom. The number of aromatic nitrogens is 1. The van der Waals surface area contributed by atoms with E-state index in [0.717, 1.165) is 6.42 Å². The van der Waals surface area contributed by atoms with Gasteiger partial charge in [0, 0.05) is 24.4 Å². The van der Waals surface area contributed by atoms with E-state index in [2.05, 4.69) is 10.3 Å². The van der Waals surface area contributed by atoms with Gasteiger partial charge in [-0.15, -0.1) is 0 Å². The fourth-order valence-corrected chi connectivity index (χ4v) is 1.50. The van der Waals surface area contributed by atoms with Crippen LogP contribution in [0, 0.1) is 5.41 Å². The van der Waals surface area contributed by atoms with Crippen LogP contribution in [0.3, 0.4) is 0 Å². The molecular formula is C16H26N2O3. The van der Waals surface area contributed by atoms with Crippen molar-refractivity contribution in [1.82, 2.24) is 10.3 Å². The third-order valence-corrected chi connectivity index (χ3v) is 3.35. The average Bonchev–Trinajstić information content (AvgIpc) is 2.43. The highest BCUT2D eigenvalue weighted by Gasteiger charge is 2.22. The standard InChI is InChI=1S/C16H26N2O3/c1-6-11(2)21-14-9-12(7-8-17-14)15(20)18-10-13(19)16(3,4)5/h7-9,11,13,19H,6,10H2,1-5H3,(H,18,20). The normalized spacial score (nSPS) is 14.4. The van der Waals surface area contributed by atoms with E-state index in [9.17, 15) is 9.90 Å². The Bertz CT molecular complexity index is 469. The molecule has 2 N–H and O–H groups in total. The number of rotatable bonds is 6. The van der Waals surface area contributed by atoms with Crippen LogP contribution in [-0.2, 0) is 0 Å². The summed E-state index contributed by atoms with van der Waals surface area (Å²) in [5.41, 5.74) is 0.209. The summed E-state index contributed by atoms with van der Waals surface area (Å²) >= 11 is 0. The van der Waals surface area contributed by atoms with E-state index in [-0.39, 0.29) is 24.0 Å². The zero-order valence-electron chi connectivity index (χ0n) is 13.5. The average molecular weight is 294 g/mol. The highest BCUT2D eigenvalue weighted by Crippen LogP contribution is 2.18. The second-order valence-electron chi connectivity index (χ2n) is 6.31. The zero-order chi connectivity index (χ0) is 16.0. The van der Waals surface area contributed by atoms with Crippen molar-refractivity contribution < 1.29 is 14.6 Å². The first-order valence-corrected chi connectivity index (χ1v) is 7.33. The molecule has 5 nitrogen and oxygen atoms in total. The van der Waals surface area contributed by atoms with Crippen LogP contribution in [0.25, 0.3) is 0 Å². The molecule has 0 spiro atoms. The van der Waals surface area contributed by atoms with Gasteiger partial charge in [-0.3, -0.25) is 4.79 Å². The van der Waals surface area contributed by atoms with Crippen LogP contribution < -0.4 is 10.1 Å². The topological polar surface area (TPSA) is 71.5 Å². The number of amides is 1. The van der Waals surface area contributed by atoms with E-state index in [4.69, 9.17) is 4.74 Å². The van der Waals surface area contributed by atoms with Crippen LogP contribution >= 0.6 is 0 Å². The molecule has 1 aromatic heterocycles. The Kier molecular flexibility index (Phi) is 6.15. The van der Waals surface area contributed by atoms with Gasteiger partial charge in [0.2, 0.25) is 5.88 Å². The molecule has 0 radical (unpaired) electrons. The SMILES string of the molecule is CCC(C)Oc1cc(C(=O)NCC(O)C(C)(C)C)ccn1. The number of carbonyl (C=O) groups excluding carboxylic acids is 1. The van der Waals surface area contributed by atoms with Gasteiger partial charge in [-0.2, -0.15) is 0 Å². The Balaban J connectivity index is 2.64.